The highest BCUT2D eigenvalue weighted by atomic mass is 127. The Bertz CT molecular complexity index is 888. The predicted molar refractivity (Wildman–Crippen MR) is 132 cm³/mol. The standard InChI is InChI=1S/C19H18I3NO5/c1-10-5-3-4-6-12(10)17(19(25)26)27-7-8-28-18-14(21)9-13(20)16(15(18)22)23-11(2)24/h3-6,9,17H,7-8H2,1-2H3,(H,23,24)(H,25,26). The minimum atomic E-state index is -1.05. The molecule has 0 bridgehead atoms. The van der Waals surface area contributed by atoms with Crippen molar-refractivity contribution >= 4 is 85.3 Å². The Morgan fingerprint density at radius 1 is 1.14 bits per heavy atom. The maximum Gasteiger partial charge on any atom is 0.337 e. The van der Waals surface area contributed by atoms with E-state index in [0.29, 0.717) is 17.0 Å². The zero-order chi connectivity index (χ0) is 20.8. The number of carbonyl (C=O) groups excluding carboxylic acids is 1. The first-order valence-electron chi connectivity index (χ1n) is 8.20. The third kappa shape index (κ3) is 6.16. The van der Waals surface area contributed by atoms with Crippen LogP contribution in [0.1, 0.15) is 24.2 Å². The first kappa shape index (κ1) is 23.6. The fourth-order valence-corrected chi connectivity index (χ4v) is 6.43. The van der Waals surface area contributed by atoms with E-state index in [-0.39, 0.29) is 19.1 Å². The second-order valence-electron chi connectivity index (χ2n) is 5.83. The van der Waals surface area contributed by atoms with E-state index in [0.717, 1.165) is 16.3 Å². The summed E-state index contributed by atoms with van der Waals surface area (Å²) in [6, 6.07) is 9.16. The number of benzene rings is 2. The first-order chi connectivity index (χ1) is 13.2. The average Bonchev–Trinajstić information content (AvgIpc) is 2.61. The van der Waals surface area contributed by atoms with Crippen LogP contribution in [0, 0.1) is 17.6 Å². The number of carboxylic acids is 1. The maximum absolute atomic E-state index is 11.6. The van der Waals surface area contributed by atoms with Crippen LogP contribution in [0.4, 0.5) is 5.69 Å². The number of aryl methyl sites for hydroxylation is 1. The number of amides is 1. The molecule has 150 valence electrons. The van der Waals surface area contributed by atoms with Gasteiger partial charge in [0.25, 0.3) is 0 Å². The molecule has 2 N–H and O–H groups in total. The largest absolute Gasteiger partial charge is 0.489 e. The molecule has 0 radical (unpaired) electrons. The Kier molecular flexibility index (Phi) is 9.21. The first-order valence-corrected chi connectivity index (χ1v) is 11.4. The number of carboxylic acid groups (broad SMARTS) is 1. The number of aliphatic carboxylic acids is 1. The number of nitrogens with one attached hydrogen (secondary N) is 1. The highest BCUT2D eigenvalue weighted by Crippen LogP contribution is 2.37. The lowest BCUT2D eigenvalue weighted by molar-refractivity contribution is -0.151. The van der Waals surface area contributed by atoms with E-state index >= 15 is 0 Å². The summed E-state index contributed by atoms with van der Waals surface area (Å²) >= 11 is 6.46. The van der Waals surface area contributed by atoms with Gasteiger partial charge < -0.3 is 19.9 Å². The Hall–Kier alpha value is -0.670. The molecule has 0 saturated carbocycles. The van der Waals surface area contributed by atoms with Gasteiger partial charge in [-0.15, -0.1) is 0 Å². The van der Waals surface area contributed by atoms with Gasteiger partial charge >= 0.3 is 5.97 Å². The molecule has 0 aliphatic rings. The molecule has 0 aliphatic heterocycles. The van der Waals surface area contributed by atoms with Gasteiger partial charge in [0.1, 0.15) is 12.4 Å². The van der Waals surface area contributed by atoms with Crippen LogP contribution in [-0.2, 0) is 14.3 Å². The zero-order valence-corrected chi connectivity index (χ0v) is 21.6. The summed E-state index contributed by atoms with van der Waals surface area (Å²) in [5, 5.41) is 12.3. The van der Waals surface area contributed by atoms with Crippen LogP contribution < -0.4 is 10.1 Å². The van der Waals surface area contributed by atoms with Gasteiger partial charge in [0.2, 0.25) is 5.91 Å². The lowest BCUT2D eigenvalue weighted by atomic mass is 10.0. The van der Waals surface area contributed by atoms with E-state index in [1.165, 1.54) is 6.92 Å². The van der Waals surface area contributed by atoms with Crippen molar-refractivity contribution in [2.45, 2.75) is 20.0 Å². The number of hydrogen-bond donors (Lipinski definition) is 2. The molecule has 6 nitrogen and oxygen atoms in total. The zero-order valence-electron chi connectivity index (χ0n) is 15.1. The van der Waals surface area contributed by atoms with Crippen molar-refractivity contribution in [2.75, 3.05) is 18.5 Å². The van der Waals surface area contributed by atoms with Gasteiger partial charge in [-0.1, -0.05) is 24.3 Å². The predicted octanol–water partition coefficient (Wildman–Crippen LogP) is 4.99. The van der Waals surface area contributed by atoms with Crippen molar-refractivity contribution in [3.05, 3.63) is 52.2 Å². The fourth-order valence-electron chi connectivity index (χ4n) is 2.48. The van der Waals surface area contributed by atoms with Crippen LogP contribution in [0.3, 0.4) is 0 Å². The highest BCUT2D eigenvalue weighted by Gasteiger charge is 2.22. The van der Waals surface area contributed by atoms with E-state index in [1.807, 2.05) is 25.1 Å². The summed E-state index contributed by atoms with van der Waals surface area (Å²) < 4.78 is 14.0. The third-order valence-electron chi connectivity index (χ3n) is 3.74. The van der Waals surface area contributed by atoms with Crippen LogP contribution in [0.15, 0.2) is 30.3 Å². The van der Waals surface area contributed by atoms with Crippen LogP contribution in [-0.4, -0.2) is 30.2 Å². The fraction of sp³-hybridized carbons (Fsp3) is 0.263. The van der Waals surface area contributed by atoms with Gasteiger partial charge in [-0.25, -0.2) is 4.79 Å². The summed E-state index contributed by atoms with van der Waals surface area (Å²) in [4.78, 5) is 23.0. The molecule has 2 rings (SSSR count). The topological polar surface area (TPSA) is 84.9 Å². The summed E-state index contributed by atoms with van der Waals surface area (Å²) in [5.74, 6) is -0.564. The summed E-state index contributed by atoms with van der Waals surface area (Å²) in [6.07, 6.45) is -1.05. The summed E-state index contributed by atoms with van der Waals surface area (Å²) in [6.45, 7) is 3.60. The molecule has 0 aliphatic carbocycles. The Balaban J connectivity index is 2.07. The monoisotopic (exact) mass is 721 g/mol. The van der Waals surface area contributed by atoms with Crippen molar-refractivity contribution in [1.29, 1.82) is 0 Å². The van der Waals surface area contributed by atoms with Crippen LogP contribution in [0.25, 0.3) is 0 Å². The van der Waals surface area contributed by atoms with E-state index in [1.54, 1.807) is 12.1 Å². The minimum absolute atomic E-state index is 0.110. The second kappa shape index (κ2) is 10.9. The van der Waals surface area contributed by atoms with Gasteiger partial charge in [-0.2, -0.15) is 0 Å². The van der Waals surface area contributed by atoms with Gasteiger partial charge in [0, 0.05) is 10.5 Å². The van der Waals surface area contributed by atoms with Crippen LogP contribution in [0.5, 0.6) is 5.75 Å². The highest BCUT2D eigenvalue weighted by molar-refractivity contribution is 14.1. The maximum atomic E-state index is 11.6. The molecule has 2 aromatic rings. The number of ether oxygens (including phenoxy) is 2. The average molecular weight is 721 g/mol. The third-order valence-corrected chi connectivity index (χ3v) is 6.42. The smallest absolute Gasteiger partial charge is 0.337 e. The van der Waals surface area contributed by atoms with Crippen molar-refractivity contribution in [3.63, 3.8) is 0 Å². The minimum Gasteiger partial charge on any atom is -0.489 e. The summed E-state index contributed by atoms with van der Waals surface area (Å²) in [7, 11) is 0. The number of carbonyl (C=O) groups is 2. The molecular weight excluding hydrogens is 703 g/mol. The second-order valence-corrected chi connectivity index (χ2v) is 9.24. The van der Waals surface area contributed by atoms with Crippen molar-refractivity contribution in [3.8, 4) is 5.75 Å². The quantitative estimate of drug-likeness (QED) is 0.297. The molecule has 1 unspecified atom stereocenters. The molecule has 2 aromatic carbocycles. The van der Waals surface area contributed by atoms with Crippen LogP contribution >= 0.6 is 67.8 Å². The van der Waals surface area contributed by atoms with Gasteiger partial charge in [0.15, 0.2) is 6.10 Å². The molecule has 1 amide bonds. The molecule has 0 saturated heterocycles. The van der Waals surface area contributed by atoms with Crippen molar-refractivity contribution in [1.82, 2.24) is 0 Å². The lowest BCUT2D eigenvalue weighted by Gasteiger charge is -2.18. The molecule has 0 heterocycles. The van der Waals surface area contributed by atoms with Crippen molar-refractivity contribution < 1.29 is 24.2 Å². The Morgan fingerprint density at radius 3 is 2.43 bits per heavy atom. The van der Waals surface area contributed by atoms with Crippen molar-refractivity contribution in [2.24, 2.45) is 0 Å². The van der Waals surface area contributed by atoms with Gasteiger partial charge in [0.05, 0.1) is 19.4 Å². The van der Waals surface area contributed by atoms with E-state index in [2.05, 4.69) is 73.1 Å². The number of anilines is 1. The normalized spacial score (nSPS) is 11.8. The molecule has 9 heteroatoms. The van der Waals surface area contributed by atoms with E-state index < -0.39 is 12.1 Å². The Morgan fingerprint density at radius 2 is 1.82 bits per heavy atom. The lowest BCUT2D eigenvalue weighted by Crippen LogP contribution is -2.20. The summed E-state index contributed by atoms with van der Waals surface area (Å²) in [5.41, 5.74) is 2.19. The van der Waals surface area contributed by atoms with Gasteiger partial charge in [-0.3, -0.25) is 4.79 Å². The van der Waals surface area contributed by atoms with E-state index in [9.17, 15) is 14.7 Å². The van der Waals surface area contributed by atoms with Gasteiger partial charge in [-0.05, 0) is 91.9 Å². The van der Waals surface area contributed by atoms with E-state index in [4.69, 9.17) is 9.47 Å². The molecular formula is C19H18I3NO5. The molecule has 0 spiro atoms. The Labute approximate surface area is 204 Å². The number of rotatable bonds is 8. The number of hydrogen-bond acceptors (Lipinski definition) is 4. The molecule has 0 fully saturated rings. The SMILES string of the molecule is CC(=O)Nc1c(I)cc(I)c(OCCOC(C(=O)O)c2ccccc2C)c1I. The molecule has 0 aromatic heterocycles. The van der Waals surface area contributed by atoms with Crippen LogP contribution in [0.2, 0.25) is 0 Å². The number of halogens is 3. The molecule has 28 heavy (non-hydrogen) atoms. The molecule has 1 atom stereocenters.